The number of hydrogen-bond acceptors (Lipinski definition) is 5. The number of thiophene rings is 1. The number of pyridine rings is 1. The van der Waals surface area contributed by atoms with Gasteiger partial charge in [-0.25, -0.2) is 15.0 Å². The van der Waals surface area contributed by atoms with Crippen LogP contribution in [0.1, 0.15) is 0 Å². The molecule has 45 heavy (non-hydrogen) atoms. The van der Waals surface area contributed by atoms with Crippen molar-refractivity contribution in [3.05, 3.63) is 146 Å². The molecule has 6 aromatic carbocycles. The number of rotatable bonds is 4. The van der Waals surface area contributed by atoms with Crippen molar-refractivity contribution in [1.29, 1.82) is 0 Å². The molecule has 4 nitrogen and oxygen atoms in total. The molecular formula is C40H24N4S. The standard InChI is InChI=1S/C40H24N4S/c1-2-9-27(10-3-1)38-42-39(29-13-6-12-28(22-29)31-15-7-11-26-20-21-41-24-35(26)31)44-40(43-38)30-17-18-33-34-19-16-25-8-4-5-14-32(25)37(34)45-36(33)23-30/h1-24H. The van der Waals surface area contributed by atoms with Crippen molar-refractivity contribution in [3.8, 4) is 45.3 Å². The minimum Gasteiger partial charge on any atom is -0.264 e. The topological polar surface area (TPSA) is 51.6 Å². The zero-order valence-electron chi connectivity index (χ0n) is 24.1. The number of nitrogens with zero attached hydrogens (tertiary/aromatic N) is 4. The first-order chi connectivity index (χ1) is 22.3. The van der Waals surface area contributed by atoms with Gasteiger partial charge in [-0.05, 0) is 45.5 Å². The third-order valence-corrected chi connectivity index (χ3v) is 9.61. The van der Waals surface area contributed by atoms with E-state index < -0.39 is 0 Å². The SMILES string of the molecule is c1ccc(-c2nc(-c3cccc(-c4cccc5ccncc45)c3)nc(-c3ccc4c(c3)sc3c5ccccc5ccc43)n2)cc1. The van der Waals surface area contributed by atoms with Crippen LogP contribution >= 0.6 is 11.3 Å². The normalized spacial score (nSPS) is 11.6. The van der Waals surface area contributed by atoms with E-state index in [0.717, 1.165) is 38.6 Å². The molecule has 0 aliphatic heterocycles. The summed E-state index contributed by atoms with van der Waals surface area (Å²) in [5.74, 6) is 1.95. The van der Waals surface area contributed by atoms with Crippen LogP contribution in [0.2, 0.25) is 0 Å². The van der Waals surface area contributed by atoms with Gasteiger partial charge in [-0.2, -0.15) is 0 Å². The van der Waals surface area contributed by atoms with E-state index >= 15 is 0 Å². The van der Waals surface area contributed by atoms with Gasteiger partial charge in [0.25, 0.3) is 0 Å². The van der Waals surface area contributed by atoms with Gasteiger partial charge in [-0.15, -0.1) is 11.3 Å². The molecular weight excluding hydrogens is 569 g/mol. The first-order valence-electron chi connectivity index (χ1n) is 14.9. The minimum absolute atomic E-state index is 0.640. The third kappa shape index (κ3) is 4.44. The van der Waals surface area contributed by atoms with E-state index in [2.05, 4.69) is 102 Å². The van der Waals surface area contributed by atoms with E-state index in [-0.39, 0.29) is 0 Å². The average Bonchev–Trinajstić information content (AvgIpc) is 3.50. The van der Waals surface area contributed by atoms with E-state index in [0.29, 0.717) is 17.5 Å². The highest BCUT2D eigenvalue weighted by Crippen LogP contribution is 2.40. The van der Waals surface area contributed by atoms with Crippen LogP contribution < -0.4 is 0 Å². The summed E-state index contributed by atoms with van der Waals surface area (Å²) >= 11 is 1.83. The second-order valence-electron chi connectivity index (χ2n) is 11.1. The zero-order valence-corrected chi connectivity index (χ0v) is 24.9. The van der Waals surface area contributed by atoms with Crippen molar-refractivity contribution in [2.24, 2.45) is 0 Å². The van der Waals surface area contributed by atoms with Crippen LogP contribution in [0, 0.1) is 0 Å². The number of hydrogen-bond donors (Lipinski definition) is 0. The maximum Gasteiger partial charge on any atom is 0.164 e. The van der Waals surface area contributed by atoms with Gasteiger partial charge in [0.15, 0.2) is 17.5 Å². The predicted octanol–water partition coefficient (Wildman–Crippen LogP) is 10.6. The van der Waals surface area contributed by atoms with Gasteiger partial charge in [0.1, 0.15) is 0 Å². The Kier molecular flexibility index (Phi) is 5.96. The molecule has 9 aromatic rings. The Morgan fingerprint density at radius 2 is 1.09 bits per heavy atom. The van der Waals surface area contributed by atoms with E-state index in [1.165, 1.54) is 30.9 Å². The smallest absolute Gasteiger partial charge is 0.164 e. The Morgan fingerprint density at radius 1 is 0.422 bits per heavy atom. The van der Waals surface area contributed by atoms with Crippen molar-refractivity contribution in [1.82, 2.24) is 19.9 Å². The summed E-state index contributed by atoms with van der Waals surface area (Å²) in [6, 6.07) is 46.6. The first-order valence-corrected chi connectivity index (χ1v) is 15.7. The highest BCUT2D eigenvalue weighted by atomic mass is 32.1. The maximum absolute atomic E-state index is 5.08. The monoisotopic (exact) mass is 592 g/mol. The maximum atomic E-state index is 5.08. The van der Waals surface area contributed by atoms with Gasteiger partial charge in [0.2, 0.25) is 0 Å². The van der Waals surface area contributed by atoms with Crippen molar-refractivity contribution >= 4 is 53.1 Å². The van der Waals surface area contributed by atoms with Crippen molar-refractivity contribution in [2.45, 2.75) is 0 Å². The van der Waals surface area contributed by atoms with Crippen LogP contribution in [0.25, 0.3) is 87.0 Å². The molecule has 9 rings (SSSR count). The Labute approximate surface area is 263 Å². The highest BCUT2D eigenvalue weighted by molar-refractivity contribution is 7.26. The van der Waals surface area contributed by atoms with Crippen molar-refractivity contribution in [3.63, 3.8) is 0 Å². The van der Waals surface area contributed by atoms with Crippen LogP contribution in [0.15, 0.2) is 146 Å². The first kappa shape index (κ1) is 25.7. The molecule has 0 spiro atoms. The molecule has 0 unspecified atom stereocenters. The van der Waals surface area contributed by atoms with Crippen molar-refractivity contribution < 1.29 is 0 Å². The summed E-state index contributed by atoms with van der Waals surface area (Å²) in [6.07, 6.45) is 3.76. The molecule has 0 amide bonds. The van der Waals surface area contributed by atoms with Crippen LogP contribution in [-0.2, 0) is 0 Å². The summed E-state index contributed by atoms with van der Waals surface area (Å²) < 4.78 is 2.52. The fourth-order valence-corrected chi connectivity index (χ4v) is 7.46. The van der Waals surface area contributed by atoms with Crippen LogP contribution in [0.4, 0.5) is 0 Å². The lowest BCUT2D eigenvalue weighted by atomic mass is 9.98. The largest absolute Gasteiger partial charge is 0.264 e. The third-order valence-electron chi connectivity index (χ3n) is 8.40. The van der Waals surface area contributed by atoms with E-state index in [1.54, 1.807) is 0 Å². The van der Waals surface area contributed by atoms with Crippen molar-refractivity contribution in [2.75, 3.05) is 0 Å². The van der Waals surface area contributed by atoms with Gasteiger partial charge in [0, 0.05) is 54.6 Å². The van der Waals surface area contributed by atoms with E-state index in [4.69, 9.17) is 15.0 Å². The van der Waals surface area contributed by atoms with Crippen LogP contribution in [0.3, 0.4) is 0 Å². The van der Waals surface area contributed by atoms with Crippen LogP contribution in [-0.4, -0.2) is 19.9 Å². The van der Waals surface area contributed by atoms with E-state index in [9.17, 15) is 0 Å². The number of fused-ring (bicyclic) bond motifs is 6. The summed E-state index contributed by atoms with van der Waals surface area (Å²) in [4.78, 5) is 19.5. The lowest BCUT2D eigenvalue weighted by Crippen LogP contribution is -2.00. The molecule has 0 aliphatic carbocycles. The Hall–Kier alpha value is -5.78. The molecule has 0 radical (unpaired) electrons. The number of aromatic nitrogens is 4. The molecule has 0 N–H and O–H groups in total. The fourth-order valence-electron chi connectivity index (χ4n) is 6.18. The second-order valence-corrected chi connectivity index (χ2v) is 12.2. The molecule has 0 saturated heterocycles. The van der Waals surface area contributed by atoms with E-state index in [1.807, 2.05) is 60.1 Å². The van der Waals surface area contributed by atoms with Gasteiger partial charge >= 0.3 is 0 Å². The molecule has 0 saturated carbocycles. The summed E-state index contributed by atoms with van der Waals surface area (Å²) in [5.41, 5.74) is 5.07. The lowest BCUT2D eigenvalue weighted by Gasteiger charge is -2.11. The fraction of sp³-hybridized carbons (Fsp3) is 0. The number of benzene rings is 6. The molecule has 3 heterocycles. The van der Waals surface area contributed by atoms with Crippen LogP contribution in [0.5, 0.6) is 0 Å². The molecule has 3 aromatic heterocycles. The molecule has 5 heteroatoms. The van der Waals surface area contributed by atoms with Gasteiger partial charge in [-0.3, -0.25) is 4.98 Å². The molecule has 0 bridgehead atoms. The molecule has 0 fully saturated rings. The average molecular weight is 593 g/mol. The Balaban J connectivity index is 1.21. The zero-order chi connectivity index (χ0) is 29.7. The quantitative estimate of drug-likeness (QED) is 0.204. The summed E-state index contributed by atoms with van der Waals surface area (Å²) in [7, 11) is 0. The molecule has 0 aliphatic rings. The lowest BCUT2D eigenvalue weighted by molar-refractivity contribution is 1.07. The van der Waals surface area contributed by atoms with Gasteiger partial charge in [-0.1, -0.05) is 115 Å². The van der Waals surface area contributed by atoms with Gasteiger partial charge in [0.05, 0.1) is 0 Å². The molecule has 210 valence electrons. The van der Waals surface area contributed by atoms with Gasteiger partial charge < -0.3 is 0 Å². The molecule has 0 atom stereocenters. The summed E-state index contributed by atoms with van der Waals surface area (Å²) in [6.45, 7) is 0. The second kappa shape index (κ2) is 10.4. The summed E-state index contributed by atoms with van der Waals surface area (Å²) in [5, 5.41) is 7.34. The predicted molar refractivity (Wildman–Crippen MR) is 187 cm³/mol. The Bertz CT molecular complexity index is 2550. The highest BCUT2D eigenvalue weighted by Gasteiger charge is 2.15. The Morgan fingerprint density at radius 3 is 1.98 bits per heavy atom. The minimum atomic E-state index is 0.640.